The van der Waals surface area contributed by atoms with Crippen LogP contribution in [0.25, 0.3) is 15.0 Å². The Hall–Kier alpha value is -1.54. The van der Waals surface area contributed by atoms with Gasteiger partial charge in [-0.25, -0.2) is 13.2 Å². The molecule has 2 aromatic carbocycles. The van der Waals surface area contributed by atoms with E-state index in [9.17, 15) is 13.2 Å². The van der Waals surface area contributed by atoms with E-state index in [-0.39, 0.29) is 20.6 Å². The second-order valence-corrected chi connectivity index (χ2v) is 7.62. The summed E-state index contributed by atoms with van der Waals surface area (Å²) in [6.45, 7) is 0. The fourth-order valence-electron chi connectivity index (χ4n) is 1.78. The molecule has 0 saturated heterocycles. The van der Waals surface area contributed by atoms with E-state index in [0.29, 0.717) is 10.3 Å². The van der Waals surface area contributed by atoms with Gasteiger partial charge < -0.3 is 9.14 Å². The molecule has 0 bridgehead atoms. The molecule has 5 nitrogen and oxygen atoms in total. The third-order valence-corrected chi connectivity index (χ3v) is 5.52. The van der Waals surface area contributed by atoms with Crippen molar-refractivity contribution in [3.63, 3.8) is 0 Å². The third kappa shape index (κ3) is 2.98. The van der Waals surface area contributed by atoms with E-state index in [2.05, 4.69) is 4.72 Å². The van der Waals surface area contributed by atoms with E-state index in [1.807, 2.05) is 0 Å². The Balaban J connectivity index is 2.02. The maximum atomic E-state index is 12.3. The van der Waals surface area contributed by atoms with Crippen LogP contribution in [0.5, 0.6) is 0 Å². The van der Waals surface area contributed by atoms with Gasteiger partial charge in [0.15, 0.2) is 0 Å². The largest absolute Gasteiger partial charge is 0.573 e. The van der Waals surface area contributed by atoms with E-state index in [0.717, 1.165) is 11.3 Å². The average molecular weight is 375 g/mol. The Morgan fingerprint density at radius 2 is 1.86 bits per heavy atom. The Morgan fingerprint density at radius 1 is 1.09 bits per heavy atom. The van der Waals surface area contributed by atoms with Gasteiger partial charge in [0.2, 0.25) is 0 Å². The highest BCUT2D eigenvalue weighted by Crippen LogP contribution is 2.34. The summed E-state index contributed by atoms with van der Waals surface area (Å²) in [5.74, 6) is 0. The predicted octanol–water partition coefficient (Wildman–Crippen LogP) is 4.56. The lowest BCUT2D eigenvalue weighted by Gasteiger charge is -2.22. The van der Waals surface area contributed by atoms with Crippen molar-refractivity contribution >= 4 is 60.5 Å². The van der Waals surface area contributed by atoms with Crippen molar-refractivity contribution in [2.24, 2.45) is 0 Å². The molecule has 1 heterocycles. The van der Waals surface area contributed by atoms with Crippen LogP contribution in [0, 0.1) is 0 Å². The molecule has 0 spiro atoms. The maximum Gasteiger partial charge on any atom is 0.396 e. The molecule has 22 heavy (non-hydrogen) atoms. The summed E-state index contributed by atoms with van der Waals surface area (Å²) in [4.78, 5) is 10.5. The minimum absolute atomic E-state index is 0.0298. The van der Waals surface area contributed by atoms with E-state index in [1.54, 1.807) is 0 Å². The molecule has 0 unspecified atom stereocenters. The molecule has 0 aliphatic rings. The third-order valence-electron chi connectivity index (χ3n) is 2.71. The van der Waals surface area contributed by atoms with Crippen LogP contribution in [0.15, 0.2) is 50.5 Å². The number of nitrogens with zero attached hydrogens (tertiary/aromatic N) is 1. The summed E-state index contributed by atoms with van der Waals surface area (Å²) >= 11 is 12.6. The Labute approximate surface area is 139 Å². The topological polar surface area (TPSA) is 78.5 Å². The van der Waals surface area contributed by atoms with E-state index in [1.165, 1.54) is 36.4 Å². The van der Waals surface area contributed by atoms with Gasteiger partial charge in [0, 0.05) is 5.02 Å². The second-order valence-electron chi connectivity index (χ2n) is 4.23. The van der Waals surface area contributed by atoms with E-state index in [4.69, 9.17) is 27.6 Å². The van der Waals surface area contributed by atoms with Gasteiger partial charge >= 0.3 is 4.94 Å². The van der Waals surface area contributed by atoms with Crippen molar-refractivity contribution in [2.45, 2.75) is 4.90 Å². The van der Waals surface area contributed by atoms with Crippen molar-refractivity contribution in [1.82, 2.24) is 0 Å². The summed E-state index contributed by atoms with van der Waals surface area (Å²) in [5, 5.41) is 0.267. The van der Waals surface area contributed by atoms with Gasteiger partial charge in [-0.3, -0.25) is 0 Å². The quantitative estimate of drug-likeness (QED) is 0.673. The van der Waals surface area contributed by atoms with E-state index >= 15 is 0 Å². The Bertz CT molecular complexity index is 1020. The van der Waals surface area contributed by atoms with Gasteiger partial charge in [0.1, 0.15) is 15.6 Å². The van der Waals surface area contributed by atoms with Gasteiger partial charge in [0.25, 0.3) is 0 Å². The number of hydrogen-bond acceptors (Lipinski definition) is 5. The molecule has 114 valence electrons. The molecule has 0 aliphatic heterocycles. The zero-order valence-corrected chi connectivity index (χ0v) is 13.8. The van der Waals surface area contributed by atoms with Crippen LogP contribution >= 0.6 is 34.5 Å². The van der Waals surface area contributed by atoms with Crippen LogP contribution in [0.4, 0.5) is 5.69 Å². The van der Waals surface area contributed by atoms with Crippen LogP contribution in [0.2, 0.25) is 10.0 Å². The summed E-state index contributed by atoms with van der Waals surface area (Å²) in [6, 6.07) is 8.49. The standard InChI is InChI=1S/C13H6Cl2NO4S2/c14-7-1-3-9(15)12(5-7)22(18,19)16-8-2-4-10-11(6-8)21-13(17)20-10/h1-6H/q-1. The molecular weight excluding hydrogens is 369 g/mol. The lowest BCUT2D eigenvalue weighted by Crippen LogP contribution is -1.98. The molecule has 3 aromatic rings. The highest BCUT2D eigenvalue weighted by atomic mass is 35.5. The molecule has 0 atom stereocenters. The summed E-state index contributed by atoms with van der Waals surface area (Å²) in [6.07, 6.45) is 0. The molecule has 0 radical (unpaired) electrons. The number of benzene rings is 2. The van der Waals surface area contributed by atoms with Crippen LogP contribution in [-0.2, 0) is 10.0 Å². The van der Waals surface area contributed by atoms with Crippen LogP contribution < -0.4 is 4.94 Å². The van der Waals surface area contributed by atoms with Crippen LogP contribution in [-0.4, -0.2) is 8.42 Å². The smallest absolute Gasteiger partial charge is 0.396 e. The van der Waals surface area contributed by atoms with Gasteiger partial charge in [-0.1, -0.05) is 46.7 Å². The number of hydrogen-bond donors (Lipinski definition) is 0. The molecule has 0 N–H and O–H groups in total. The van der Waals surface area contributed by atoms with Gasteiger partial charge in [-0.05, 0) is 24.3 Å². The summed E-state index contributed by atoms with van der Waals surface area (Å²) in [7, 11) is -4.02. The first-order chi connectivity index (χ1) is 10.3. The number of rotatable bonds is 3. The minimum atomic E-state index is -4.02. The molecule has 0 amide bonds. The minimum Gasteiger partial charge on any atom is -0.573 e. The second kappa shape index (κ2) is 5.58. The zero-order chi connectivity index (χ0) is 15.9. The maximum absolute atomic E-state index is 12.3. The average Bonchev–Trinajstić information content (AvgIpc) is 2.80. The monoisotopic (exact) mass is 374 g/mol. The van der Waals surface area contributed by atoms with Crippen molar-refractivity contribution < 1.29 is 12.8 Å². The van der Waals surface area contributed by atoms with Crippen molar-refractivity contribution in [3.8, 4) is 0 Å². The fraction of sp³-hybridized carbons (Fsp3) is 0. The van der Waals surface area contributed by atoms with Crippen molar-refractivity contribution in [1.29, 1.82) is 0 Å². The van der Waals surface area contributed by atoms with E-state index < -0.39 is 15.0 Å². The molecule has 3 rings (SSSR count). The molecule has 1 aromatic heterocycles. The molecule has 0 aliphatic carbocycles. The SMILES string of the molecule is O=c1oc2ccc([N-]S(=O)(=O)c3cc(Cl)ccc3Cl)cc2s1. The Kier molecular flexibility index (Phi) is 3.90. The number of fused-ring (bicyclic) bond motifs is 1. The number of halogens is 2. The van der Waals surface area contributed by atoms with Gasteiger partial charge in [-0.2, -0.15) is 0 Å². The molecule has 0 fully saturated rings. The lowest BCUT2D eigenvalue weighted by molar-refractivity contribution is 0.585. The first-order valence-corrected chi connectivity index (χ1v) is 8.83. The van der Waals surface area contributed by atoms with Gasteiger partial charge in [0.05, 0.1) is 14.6 Å². The highest BCUT2D eigenvalue weighted by Gasteiger charge is 2.11. The van der Waals surface area contributed by atoms with Crippen LogP contribution in [0.1, 0.15) is 0 Å². The van der Waals surface area contributed by atoms with Crippen LogP contribution in [0.3, 0.4) is 0 Å². The highest BCUT2D eigenvalue weighted by molar-refractivity contribution is 7.94. The predicted molar refractivity (Wildman–Crippen MR) is 87.0 cm³/mol. The van der Waals surface area contributed by atoms with Crippen molar-refractivity contribution in [3.05, 3.63) is 60.9 Å². The van der Waals surface area contributed by atoms with Crippen molar-refractivity contribution in [2.75, 3.05) is 0 Å². The fourth-order valence-corrected chi connectivity index (χ4v) is 4.21. The number of sulfonamides is 1. The molecule has 9 heteroatoms. The first-order valence-electron chi connectivity index (χ1n) is 5.82. The zero-order valence-electron chi connectivity index (χ0n) is 10.6. The summed E-state index contributed by atoms with van der Waals surface area (Å²) < 4.78 is 33.8. The lowest BCUT2D eigenvalue weighted by atomic mass is 10.3. The Morgan fingerprint density at radius 3 is 2.64 bits per heavy atom. The summed E-state index contributed by atoms with van der Waals surface area (Å²) in [5.41, 5.74) is 0.549. The molecule has 0 saturated carbocycles. The van der Waals surface area contributed by atoms with Gasteiger partial charge in [-0.15, -0.1) is 5.69 Å². The molecular formula is C13H6Cl2NO4S2-. The first kappa shape index (κ1) is 15.4. The normalized spacial score (nSPS) is 11.7.